The number of nitrogens with two attached hydrogens (primary N) is 1. The van der Waals surface area contributed by atoms with Gasteiger partial charge in [-0.3, -0.25) is 14.5 Å². The molecule has 0 saturated carbocycles. The summed E-state index contributed by atoms with van der Waals surface area (Å²) >= 11 is 0. The molecule has 29 heavy (non-hydrogen) atoms. The van der Waals surface area contributed by atoms with Crippen LogP contribution in [0.2, 0.25) is 0 Å². The minimum Gasteiger partial charge on any atom is -0.503 e. The van der Waals surface area contributed by atoms with Crippen LogP contribution in [0.1, 0.15) is 37.8 Å². The fraction of sp³-hybridized carbons (Fsp3) is 0.300. The fourth-order valence-electron chi connectivity index (χ4n) is 3.30. The first-order valence-electron chi connectivity index (χ1n) is 8.99. The summed E-state index contributed by atoms with van der Waals surface area (Å²) in [7, 11) is -3.90. The minimum atomic E-state index is -3.90. The van der Waals surface area contributed by atoms with Crippen molar-refractivity contribution in [2.24, 2.45) is 11.1 Å². The van der Waals surface area contributed by atoms with Crippen molar-refractivity contribution in [2.75, 3.05) is 4.90 Å². The Morgan fingerprint density at radius 1 is 1.21 bits per heavy atom. The second-order valence-electron chi connectivity index (χ2n) is 7.35. The van der Waals surface area contributed by atoms with Crippen molar-refractivity contribution in [3.63, 3.8) is 0 Å². The molecule has 154 valence electrons. The number of nitrogens with zero attached hydrogens (tertiary/aromatic N) is 1. The summed E-state index contributed by atoms with van der Waals surface area (Å²) < 4.78 is 28.7. The van der Waals surface area contributed by atoms with E-state index in [1.807, 2.05) is 13.8 Å². The first kappa shape index (κ1) is 20.8. The van der Waals surface area contributed by atoms with Gasteiger partial charge in [0, 0.05) is 12.1 Å². The number of ketones is 1. The number of primary sulfonamides is 1. The third kappa shape index (κ3) is 3.96. The van der Waals surface area contributed by atoms with Crippen molar-refractivity contribution in [3.05, 3.63) is 59.3 Å². The molecule has 3 rings (SSSR count). The van der Waals surface area contributed by atoms with Crippen LogP contribution in [-0.2, 0) is 19.6 Å². The molecule has 1 aromatic carbocycles. The van der Waals surface area contributed by atoms with E-state index in [1.165, 1.54) is 29.2 Å². The van der Waals surface area contributed by atoms with Crippen LogP contribution in [0.5, 0.6) is 0 Å². The van der Waals surface area contributed by atoms with Gasteiger partial charge in [0.2, 0.25) is 10.0 Å². The molecule has 1 aliphatic heterocycles. The summed E-state index contributed by atoms with van der Waals surface area (Å²) in [6.45, 7) is 5.45. The summed E-state index contributed by atoms with van der Waals surface area (Å²) in [5.41, 5.74) is 0.258. The average Bonchev–Trinajstić information content (AvgIpc) is 3.15. The molecule has 8 nitrogen and oxygen atoms in total. The Bertz CT molecular complexity index is 1100. The van der Waals surface area contributed by atoms with Crippen LogP contribution in [0.3, 0.4) is 0 Å². The predicted molar refractivity (Wildman–Crippen MR) is 106 cm³/mol. The quantitative estimate of drug-likeness (QED) is 0.742. The third-order valence-electron chi connectivity index (χ3n) is 4.58. The Morgan fingerprint density at radius 2 is 1.83 bits per heavy atom. The number of anilines is 1. The summed E-state index contributed by atoms with van der Waals surface area (Å²) in [4.78, 5) is 26.8. The lowest BCUT2D eigenvalue weighted by atomic mass is 9.95. The number of aliphatic hydroxyl groups excluding tert-OH is 1. The Kier molecular flexibility index (Phi) is 5.38. The van der Waals surface area contributed by atoms with Gasteiger partial charge >= 0.3 is 0 Å². The zero-order chi connectivity index (χ0) is 21.5. The molecular weight excluding hydrogens is 396 g/mol. The molecule has 0 radical (unpaired) electrons. The SMILES string of the molecule is Cc1ccc(C2C(C(=O)CC(C)C)=C(O)C(=O)N2c2ccc(S(N)(=O)=O)cc2)o1. The normalized spacial score (nSPS) is 17.5. The van der Waals surface area contributed by atoms with E-state index in [0.717, 1.165) is 0 Å². The van der Waals surface area contributed by atoms with Gasteiger partial charge in [0.1, 0.15) is 17.6 Å². The highest BCUT2D eigenvalue weighted by atomic mass is 32.2. The Morgan fingerprint density at radius 3 is 2.31 bits per heavy atom. The molecule has 2 heterocycles. The van der Waals surface area contributed by atoms with E-state index >= 15 is 0 Å². The monoisotopic (exact) mass is 418 g/mol. The van der Waals surface area contributed by atoms with Gasteiger partial charge in [0.15, 0.2) is 11.5 Å². The highest BCUT2D eigenvalue weighted by Gasteiger charge is 2.45. The first-order valence-corrected chi connectivity index (χ1v) is 10.5. The molecule has 1 aromatic heterocycles. The standard InChI is InChI=1S/C20H22N2O6S/c1-11(2)10-15(23)17-18(16-9-4-12(3)28-16)22(20(25)19(17)24)13-5-7-14(8-6-13)29(21,26)27/h4-9,11,18,24H,10H2,1-3H3,(H2,21,26,27). The maximum absolute atomic E-state index is 12.9. The highest BCUT2D eigenvalue weighted by Crippen LogP contribution is 2.42. The zero-order valence-corrected chi connectivity index (χ0v) is 17.1. The summed E-state index contributed by atoms with van der Waals surface area (Å²) in [6.07, 6.45) is 0.154. The lowest BCUT2D eigenvalue weighted by Gasteiger charge is -2.25. The van der Waals surface area contributed by atoms with Gasteiger partial charge < -0.3 is 9.52 Å². The predicted octanol–water partition coefficient (Wildman–Crippen LogP) is 2.75. The average molecular weight is 418 g/mol. The van der Waals surface area contributed by atoms with Crippen LogP contribution in [0.25, 0.3) is 0 Å². The number of aryl methyl sites for hydroxylation is 1. The first-order chi connectivity index (χ1) is 13.5. The number of benzene rings is 1. The van der Waals surface area contributed by atoms with Crippen LogP contribution in [0.4, 0.5) is 5.69 Å². The molecule has 0 bridgehead atoms. The summed E-state index contributed by atoms with van der Waals surface area (Å²) in [5.74, 6) is -0.820. The van der Waals surface area contributed by atoms with Gasteiger partial charge in [-0.25, -0.2) is 13.6 Å². The molecule has 1 atom stereocenters. The van der Waals surface area contributed by atoms with E-state index in [0.29, 0.717) is 17.2 Å². The van der Waals surface area contributed by atoms with Crippen LogP contribution >= 0.6 is 0 Å². The van der Waals surface area contributed by atoms with E-state index in [9.17, 15) is 23.1 Å². The van der Waals surface area contributed by atoms with Crippen LogP contribution in [-0.4, -0.2) is 25.2 Å². The lowest BCUT2D eigenvalue weighted by Crippen LogP contribution is -2.31. The van der Waals surface area contributed by atoms with Crippen molar-refractivity contribution in [1.29, 1.82) is 0 Å². The van der Waals surface area contributed by atoms with Crippen LogP contribution in [0, 0.1) is 12.8 Å². The number of Topliss-reactive ketones (excluding diaryl/α,β-unsaturated/α-hetero) is 1. The van der Waals surface area contributed by atoms with E-state index in [4.69, 9.17) is 9.56 Å². The number of hydrogen-bond donors (Lipinski definition) is 2. The molecule has 3 N–H and O–H groups in total. The van der Waals surface area contributed by atoms with Crippen molar-refractivity contribution < 1.29 is 27.5 Å². The van der Waals surface area contributed by atoms with Crippen molar-refractivity contribution in [1.82, 2.24) is 0 Å². The zero-order valence-electron chi connectivity index (χ0n) is 16.2. The van der Waals surface area contributed by atoms with Gasteiger partial charge in [0.25, 0.3) is 5.91 Å². The Hall–Kier alpha value is -2.91. The molecule has 0 aliphatic carbocycles. The Labute approximate surface area is 168 Å². The molecule has 1 amide bonds. The van der Waals surface area contributed by atoms with Crippen molar-refractivity contribution in [2.45, 2.75) is 38.1 Å². The van der Waals surface area contributed by atoms with Gasteiger partial charge in [-0.2, -0.15) is 0 Å². The second kappa shape index (κ2) is 7.49. The van der Waals surface area contributed by atoms with Crippen molar-refractivity contribution in [3.8, 4) is 0 Å². The van der Waals surface area contributed by atoms with Gasteiger partial charge in [-0.05, 0) is 49.2 Å². The molecule has 2 aromatic rings. The topological polar surface area (TPSA) is 131 Å². The van der Waals surface area contributed by atoms with Gasteiger partial charge in [0.05, 0.1) is 10.5 Å². The van der Waals surface area contributed by atoms with E-state index < -0.39 is 27.7 Å². The third-order valence-corrected chi connectivity index (χ3v) is 5.51. The number of sulfonamides is 1. The maximum atomic E-state index is 12.9. The van der Waals surface area contributed by atoms with Crippen LogP contribution < -0.4 is 10.0 Å². The number of rotatable bonds is 6. The maximum Gasteiger partial charge on any atom is 0.294 e. The molecular formula is C20H22N2O6S. The summed E-state index contributed by atoms with van der Waals surface area (Å²) in [6, 6.07) is 7.68. The number of carbonyl (C=O) groups excluding carboxylic acids is 2. The fourth-order valence-corrected chi connectivity index (χ4v) is 3.82. The van der Waals surface area contributed by atoms with Crippen LogP contribution in [0.15, 0.2) is 57.0 Å². The second-order valence-corrected chi connectivity index (χ2v) is 8.91. The lowest BCUT2D eigenvalue weighted by molar-refractivity contribution is -0.118. The number of furan rings is 1. The van der Waals surface area contributed by atoms with Gasteiger partial charge in [-0.15, -0.1) is 0 Å². The molecule has 0 fully saturated rings. The number of amides is 1. The number of hydrogen-bond acceptors (Lipinski definition) is 6. The molecule has 0 spiro atoms. The highest BCUT2D eigenvalue weighted by molar-refractivity contribution is 7.89. The molecule has 1 aliphatic rings. The van der Waals surface area contributed by atoms with E-state index in [2.05, 4.69) is 0 Å². The van der Waals surface area contributed by atoms with Crippen molar-refractivity contribution >= 4 is 27.4 Å². The number of aliphatic hydroxyl groups is 1. The smallest absolute Gasteiger partial charge is 0.294 e. The summed E-state index contributed by atoms with van der Waals surface area (Å²) in [5, 5.41) is 15.6. The Balaban J connectivity index is 2.11. The minimum absolute atomic E-state index is 0.0278. The molecule has 0 saturated heterocycles. The largest absolute Gasteiger partial charge is 0.503 e. The molecule has 1 unspecified atom stereocenters. The van der Waals surface area contributed by atoms with Gasteiger partial charge in [-0.1, -0.05) is 13.8 Å². The van der Waals surface area contributed by atoms with E-state index in [-0.39, 0.29) is 28.6 Å². The number of carbonyl (C=O) groups is 2. The van der Waals surface area contributed by atoms with E-state index in [1.54, 1.807) is 19.1 Å². The molecule has 9 heteroatoms.